The molecule has 0 radical (unpaired) electrons. The number of benzene rings is 4. The maximum Gasteiger partial charge on any atom is 0.262 e. The molecule has 0 saturated carbocycles. The third kappa shape index (κ3) is 4.67. The maximum atomic E-state index is 13.4. The Kier molecular flexibility index (Phi) is 6.42. The van der Waals surface area contributed by atoms with Crippen molar-refractivity contribution in [1.29, 1.82) is 0 Å². The van der Waals surface area contributed by atoms with Crippen LogP contribution in [0.25, 0.3) is 32.4 Å². The van der Waals surface area contributed by atoms with Gasteiger partial charge in [-0.15, -0.1) is 11.3 Å². The zero-order valence-electron chi connectivity index (χ0n) is 20.3. The van der Waals surface area contributed by atoms with E-state index >= 15 is 0 Å². The van der Waals surface area contributed by atoms with Gasteiger partial charge >= 0.3 is 0 Å². The number of fused-ring (bicyclic) bond motifs is 3. The summed E-state index contributed by atoms with van der Waals surface area (Å²) < 4.78 is 0. The first-order valence-corrected chi connectivity index (χ1v) is 13.2. The van der Waals surface area contributed by atoms with Crippen molar-refractivity contribution < 1.29 is 9.59 Å². The highest BCUT2D eigenvalue weighted by atomic mass is 32.1. The topological polar surface area (TPSA) is 86.3 Å². The Morgan fingerprint density at radius 2 is 1.55 bits per heavy atom. The molecule has 1 atom stereocenters. The van der Waals surface area contributed by atoms with Crippen LogP contribution in [0, 0.1) is 0 Å². The molecule has 0 saturated heterocycles. The molecule has 6 nitrogen and oxygen atoms in total. The van der Waals surface area contributed by atoms with Crippen molar-refractivity contribution in [3.8, 4) is 0 Å². The zero-order chi connectivity index (χ0) is 25.9. The summed E-state index contributed by atoms with van der Waals surface area (Å²) in [5, 5.41) is 14.4. The fourth-order valence-corrected chi connectivity index (χ4v) is 5.42. The van der Waals surface area contributed by atoms with Crippen LogP contribution in [-0.4, -0.2) is 29.1 Å². The number of hydrogen-bond donors (Lipinski definition) is 3. The lowest BCUT2D eigenvalue weighted by atomic mass is 9.97. The second kappa shape index (κ2) is 10.3. The van der Waals surface area contributed by atoms with Crippen LogP contribution in [0.1, 0.15) is 20.8 Å². The molecule has 0 aliphatic rings. The SMILES string of the molecule is O=C(N[C@H](Cc1c[nH]c2ccccc12)C(=O)N/N=C\c1c2ccccc2cc2ccccc12)c1cccs1. The van der Waals surface area contributed by atoms with Gasteiger partial charge in [0.25, 0.3) is 11.8 Å². The Labute approximate surface area is 223 Å². The van der Waals surface area contributed by atoms with Crippen LogP contribution in [0.3, 0.4) is 0 Å². The van der Waals surface area contributed by atoms with Gasteiger partial charge in [0, 0.05) is 29.1 Å². The Hall–Kier alpha value is -4.75. The van der Waals surface area contributed by atoms with Crippen LogP contribution in [0.4, 0.5) is 0 Å². The number of thiophene rings is 1. The molecule has 4 aromatic carbocycles. The third-order valence-electron chi connectivity index (χ3n) is 6.65. The fourth-order valence-electron chi connectivity index (χ4n) is 4.79. The third-order valence-corrected chi connectivity index (χ3v) is 7.52. The molecule has 0 bridgehead atoms. The Bertz CT molecular complexity index is 1750. The number of aromatic amines is 1. The molecule has 186 valence electrons. The number of aromatic nitrogens is 1. The number of carbonyl (C=O) groups is 2. The molecule has 2 heterocycles. The van der Waals surface area contributed by atoms with Gasteiger partial charge in [-0.3, -0.25) is 9.59 Å². The maximum absolute atomic E-state index is 13.4. The van der Waals surface area contributed by atoms with Gasteiger partial charge in [0.1, 0.15) is 6.04 Å². The summed E-state index contributed by atoms with van der Waals surface area (Å²) in [5.41, 5.74) is 5.53. The molecule has 7 heteroatoms. The van der Waals surface area contributed by atoms with E-state index in [1.54, 1.807) is 12.3 Å². The van der Waals surface area contributed by atoms with Gasteiger partial charge in [-0.2, -0.15) is 5.10 Å². The van der Waals surface area contributed by atoms with Crippen molar-refractivity contribution in [3.05, 3.63) is 119 Å². The number of para-hydroxylation sites is 1. The number of rotatable bonds is 7. The average Bonchev–Trinajstić information content (AvgIpc) is 3.63. The van der Waals surface area contributed by atoms with Crippen molar-refractivity contribution in [2.75, 3.05) is 0 Å². The molecule has 3 N–H and O–H groups in total. The molecule has 2 aromatic heterocycles. The molecule has 0 spiro atoms. The van der Waals surface area contributed by atoms with Gasteiger partial charge in [-0.05, 0) is 50.7 Å². The molecule has 6 aromatic rings. The normalized spacial score (nSPS) is 12.3. The summed E-state index contributed by atoms with van der Waals surface area (Å²) in [6, 6.07) is 29.0. The second-order valence-corrected chi connectivity index (χ2v) is 9.98. The van der Waals surface area contributed by atoms with E-state index in [-0.39, 0.29) is 11.8 Å². The minimum atomic E-state index is -0.815. The van der Waals surface area contributed by atoms with E-state index in [1.807, 2.05) is 78.3 Å². The Morgan fingerprint density at radius 3 is 2.26 bits per heavy atom. The molecular formula is C31H24N4O2S. The van der Waals surface area contributed by atoms with Crippen molar-refractivity contribution in [3.63, 3.8) is 0 Å². The molecule has 0 aliphatic heterocycles. The second-order valence-electron chi connectivity index (χ2n) is 9.03. The lowest BCUT2D eigenvalue weighted by Gasteiger charge is -2.16. The quantitative estimate of drug-likeness (QED) is 0.138. The number of nitrogens with zero attached hydrogens (tertiary/aromatic N) is 1. The lowest BCUT2D eigenvalue weighted by molar-refractivity contribution is -0.122. The lowest BCUT2D eigenvalue weighted by Crippen LogP contribution is -2.46. The van der Waals surface area contributed by atoms with Crippen molar-refractivity contribution in [2.45, 2.75) is 12.5 Å². The van der Waals surface area contributed by atoms with E-state index < -0.39 is 6.04 Å². The molecule has 0 unspecified atom stereocenters. The van der Waals surface area contributed by atoms with Gasteiger partial charge in [-0.25, -0.2) is 5.43 Å². The van der Waals surface area contributed by atoms with E-state index in [9.17, 15) is 9.59 Å². The van der Waals surface area contributed by atoms with Crippen LogP contribution < -0.4 is 10.7 Å². The molecule has 38 heavy (non-hydrogen) atoms. The van der Waals surface area contributed by atoms with Gasteiger partial charge in [0.15, 0.2) is 0 Å². The van der Waals surface area contributed by atoms with Crippen LogP contribution in [0.5, 0.6) is 0 Å². The molecule has 2 amide bonds. The smallest absolute Gasteiger partial charge is 0.262 e. The van der Waals surface area contributed by atoms with E-state index in [4.69, 9.17) is 0 Å². The highest BCUT2D eigenvalue weighted by Gasteiger charge is 2.23. The van der Waals surface area contributed by atoms with Crippen LogP contribution in [0.15, 0.2) is 108 Å². The summed E-state index contributed by atoms with van der Waals surface area (Å²) >= 11 is 1.33. The van der Waals surface area contributed by atoms with Gasteiger partial charge in [0.05, 0.1) is 11.1 Å². The molecular weight excluding hydrogens is 492 g/mol. The summed E-state index contributed by atoms with van der Waals surface area (Å²) in [5.74, 6) is -0.676. The summed E-state index contributed by atoms with van der Waals surface area (Å²) in [6.45, 7) is 0. The largest absolute Gasteiger partial charge is 0.361 e. The predicted molar refractivity (Wildman–Crippen MR) is 155 cm³/mol. The number of H-pyrrole nitrogens is 1. The summed E-state index contributed by atoms with van der Waals surface area (Å²) in [7, 11) is 0. The first kappa shape index (κ1) is 23.6. The minimum absolute atomic E-state index is 0.288. The van der Waals surface area contributed by atoms with Crippen molar-refractivity contribution in [2.24, 2.45) is 5.10 Å². The van der Waals surface area contributed by atoms with E-state index in [0.29, 0.717) is 11.3 Å². The van der Waals surface area contributed by atoms with Gasteiger partial charge < -0.3 is 10.3 Å². The predicted octanol–water partition coefficient (Wildman–Crippen LogP) is 6.03. The first-order chi connectivity index (χ1) is 18.7. The van der Waals surface area contributed by atoms with Crippen molar-refractivity contribution >= 4 is 61.8 Å². The van der Waals surface area contributed by atoms with E-state index in [0.717, 1.165) is 43.6 Å². The molecule has 0 aliphatic carbocycles. The fraction of sp³-hybridized carbons (Fsp3) is 0.0645. The first-order valence-electron chi connectivity index (χ1n) is 12.3. The number of nitrogens with one attached hydrogen (secondary N) is 3. The highest BCUT2D eigenvalue weighted by molar-refractivity contribution is 7.12. The van der Waals surface area contributed by atoms with Crippen LogP contribution >= 0.6 is 11.3 Å². The number of amides is 2. The monoisotopic (exact) mass is 516 g/mol. The van der Waals surface area contributed by atoms with Crippen LogP contribution in [0.2, 0.25) is 0 Å². The molecule has 0 fully saturated rings. The summed E-state index contributed by atoms with van der Waals surface area (Å²) in [6.07, 6.45) is 3.89. The van der Waals surface area contributed by atoms with E-state index in [1.165, 1.54) is 11.3 Å². The van der Waals surface area contributed by atoms with Crippen molar-refractivity contribution in [1.82, 2.24) is 15.7 Å². The van der Waals surface area contributed by atoms with Gasteiger partial charge in [-0.1, -0.05) is 72.8 Å². The number of hydrogen-bond acceptors (Lipinski definition) is 4. The average molecular weight is 517 g/mol. The standard InChI is InChI=1S/C31H24N4O2S/c36-30(35-33-19-26-23-10-3-1-8-20(23)16-21-9-2-4-11-24(21)26)28(34-31(37)29-14-7-15-38-29)17-22-18-32-27-13-6-5-12-25(22)27/h1-16,18-19,28,32H,17H2,(H,34,37)(H,35,36)/b33-19-/t28-/m1/s1. The number of hydrazone groups is 1. The Morgan fingerprint density at radius 1 is 0.868 bits per heavy atom. The molecule has 6 rings (SSSR count). The van der Waals surface area contributed by atoms with Gasteiger partial charge in [0.2, 0.25) is 0 Å². The van der Waals surface area contributed by atoms with Crippen LogP contribution in [-0.2, 0) is 11.2 Å². The number of carbonyl (C=O) groups excluding carboxylic acids is 2. The minimum Gasteiger partial charge on any atom is -0.361 e. The van der Waals surface area contributed by atoms with E-state index in [2.05, 4.69) is 39.0 Å². The highest BCUT2D eigenvalue weighted by Crippen LogP contribution is 2.27. The zero-order valence-corrected chi connectivity index (χ0v) is 21.2. The Balaban J connectivity index is 1.29. The summed E-state index contributed by atoms with van der Waals surface area (Å²) in [4.78, 5) is 30.0.